The second-order valence-electron chi connectivity index (χ2n) is 4.20. The van der Waals surface area contributed by atoms with Gasteiger partial charge < -0.3 is 5.11 Å². The van der Waals surface area contributed by atoms with Gasteiger partial charge in [-0.2, -0.15) is 0 Å². The first-order valence-electron chi connectivity index (χ1n) is 6.03. The fourth-order valence-corrected chi connectivity index (χ4v) is 1.92. The fraction of sp³-hybridized carbons (Fsp3) is 0. The lowest BCUT2D eigenvalue weighted by Crippen LogP contribution is -2.04. The van der Waals surface area contributed by atoms with Crippen molar-refractivity contribution in [1.29, 1.82) is 0 Å². The van der Waals surface area contributed by atoms with Gasteiger partial charge in [0.25, 0.3) is 0 Å². The molecule has 7 heteroatoms. The van der Waals surface area contributed by atoms with Crippen molar-refractivity contribution >= 4 is 5.97 Å². The molecule has 0 aliphatic heterocycles. The monoisotopic (exact) mass is 284 g/mol. The lowest BCUT2D eigenvalue weighted by molar-refractivity contribution is 0.0691. The molecule has 0 unspecified atom stereocenters. The number of benzene rings is 1. The summed E-state index contributed by atoms with van der Waals surface area (Å²) in [7, 11) is 0. The third-order valence-electron chi connectivity index (χ3n) is 2.85. The maximum Gasteiger partial charge on any atom is 0.358 e. The van der Waals surface area contributed by atoms with Crippen molar-refractivity contribution in [2.45, 2.75) is 0 Å². The molecule has 0 saturated heterocycles. The third-order valence-corrected chi connectivity index (χ3v) is 2.85. The van der Waals surface area contributed by atoms with E-state index in [1.165, 1.54) is 28.9 Å². The van der Waals surface area contributed by atoms with Crippen LogP contribution in [0.1, 0.15) is 10.5 Å². The second-order valence-corrected chi connectivity index (χ2v) is 4.20. The van der Waals surface area contributed by atoms with Crippen LogP contribution in [0.15, 0.2) is 48.7 Å². The van der Waals surface area contributed by atoms with E-state index < -0.39 is 11.8 Å². The third kappa shape index (κ3) is 2.36. The normalized spacial score (nSPS) is 10.5. The largest absolute Gasteiger partial charge is 0.476 e. The van der Waals surface area contributed by atoms with Crippen LogP contribution in [0.3, 0.4) is 0 Å². The second kappa shape index (κ2) is 5.12. The molecule has 0 fully saturated rings. The molecule has 0 saturated carbocycles. The van der Waals surface area contributed by atoms with E-state index in [9.17, 15) is 14.3 Å². The van der Waals surface area contributed by atoms with E-state index in [1.807, 2.05) is 0 Å². The van der Waals surface area contributed by atoms with E-state index in [0.29, 0.717) is 11.4 Å². The first-order chi connectivity index (χ1) is 10.2. The molecule has 1 N–H and O–H groups in total. The molecule has 0 aliphatic rings. The van der Waals surface area contributed by atoms with Crippen LogP contribution in [0.5, 0.6) is 0 Å². The van der Waals surface area contributed by atoms with Crippen molar-refractivity contribution in [3.05, 3.63) is 60.2 Å². The molecular formula is C14H9FN4O2. The van der Waals surface area contributed by atoms with E-state index in [2.05, 4.69) is 15.3 Å². The van der Waals surface area contributed by atoms with Crippen LogP contribution < -0.4 is 0 Å². The number of rotatable bonds is 3. The Balaban J connectivity index is 2.22. The minimum Gasteiger partial charge on any atom is -0.476 e. The molecule has 1 aromatic carbocycles. The Morgan fingerprint density at radius 3 is 2.52 bits per heavy atom. The Bertz CT molecular complexity index is 784. The summed E-state index contributed by atoms with van der Waals surface area (Å²) in [6.45, 7) is 0. The number of aromatic carboxylic acids is 1. The molecule has 3 rings (SSSR count). The molecule has 0 bridgehead atoms. The summed E-state index contributed by atoms with van der Waals surface area (Å²) in [6.07, 6.45) is 1.54. The van der Waals surface area contributed by atoms with Crippen LogP contribution in [0.4, 0.5) is 4.39 Å². The quantitative estimate of drug-likeness (QED) is 0.797. The Kier molecular flexibility index (Phi) is 3.15. The summed E-state index contributed by atoms with van der Waals surface area (Å²) in [5.74, 6) is -1.60. The van der Waals surface area contributed by atoms with Gasteiger partial charge in [0.2, 0.25) is 0 Å². The van der Waals surface area contributed by atoms with Crippen LogP contribution in [-0.2, 0) is 0 Å². The Hall–Kier alpha value is -3.09. The molecule has 2 heterocycles. The minimum absolute atomic E-state index is 0.210. The number of halogens is 1. The molecule has 0 spiro atoms. The number of carboxylic acids is 1. The van der Waals surface area contributed by atoms with Crippen LogP contribution in [0.25, 0.3) is 17.1 Å². The number of nitrogens with zero attached hydrogens (tertiary/aromatic N) is 4. The van der Waals surface area contributed by atoms with Crippen LogP contribution in [0, 0.1) is 5.82 Å². The van der Waals surface area contributed by atoms with E-state index in [0.717, 1.165) is 0 Å². The lowest BCUT2D eigenvalue weighted by Gasteiger charge is -2.06. The van der Waals surface area contributed by atoms with E-state index in [1.54, 1.807) is 24.4 Å². The van der Waals surface area contributed by atoms with Gasteiger partial charge in [-0.1, -0.05) is 11.3 Å². The highest BCUT2D eigenvalue weighted by molar-refractivity contribution is 5.92. The maximum atomic E-state index is 13.0. The highest BCUT2D eigenvalue weighted by Gasteiger charge is 2.22. The number of hydrogen-bond acceptors (Lipinski definition) is 4. The summed E-state index contributed by atoms with van der Waals surface area (Å²) < 4.78 is 14.3. The number of aromatic nitrogens is 4. The smallest absolute Gasteiger partial charge is 0.358 e. The predicted octanol–water partition coefficient (Wildman–Crippen LogP) is 2.17. The Labute approximate surface area is 118 Å². The van der Waals surface area contributed by atoms with Gasteiger partial charge in [-0.25, -0.2) is 13.9 Å². The molecular weight excluding hydrogens is 275 g/mol. The van der Waals surface area contributed by atoms with Gasteiger partial charge in [-0.3, -0.25) is 4.98 Å². The highest BCUT2D eigenvalue weighted by atomic mass is 19.1. The Morgan fingerprint density at radius 2 is 1.90 bits per heavy atom. The predicted molar refractivity (Wildman–Crippen MR) is 71.5 cm³/mol. The average Bonchev–Trinajstić information content (AvgIpc) is 2.94. The van der Waals surface area contributed by atoms with Crippen molar-refractivity contribution < 1.29 is 14.3 Å². The van der Waals surface area contributed by atoms with Crippen LogP contribution in [-0.4, -0.2) is 31.1 Å². The zero-order valence-corrected chi connectivity index (χ0v) is 10.6. The number of pyridine rings is 1. The standard InChI is InChI=1S/C14H9FN4O2/c15-9-4-6-10(7-5-9)19-13(11-3-1-2-8-16-11)12(14(20)21)17-18-19/h1-8H,(H,20,21). The van der Waals surface area contributed by atoms with Gasteiger partial charge in [0.15, 0.2) is 5.69 Å². The van der Waals surface area contributed by atoms with Gasteiger partial charge in [0.1, 0.15) is 11.5 Å². The van der Waals surface area contributed by atoms with Gasteiger partial charge >= 0.3 is 5.97 Å². The number of carbonyl (C=O) groups is 1. The zero-order valence-electron chi connectivity index (χ0n) is 10.6. The summed E-state index contributed by atoms with van der Waals surface area (Å²) in [5, 5.41) is 16.7. The maximum absolute atomic E-state index is 13.0. The zero-order chi connectivity index (χ0) is 14.8. The van der Waals surface area contributed by atoms with E-state index in [4.69, 9.17) is 0 Å². The molecule has 21 heavy (non-hydrogen) atoms. The van der Waals surface area contributed by atoms with Gasteiger partial charge in [0, 0.05) is 6.20 Å². The molecule has 0 atom stereocenters. The SMILES string of the molecule is O=C(O)c1nnn(-c2ccc(F)cc2)c1-c1ccccn1. The van der Waals surface area contributed by atoms with Crippen molar-refractivity contribution in [3.63, 3.8) is 0 Å². The van der Waals surface area contributed by atoms with Crippen molar-refractivity contribution in [3.8, 4) is 17.1 Å². The summed E-state index contributed by atoms with van der Waals surface area (Å²) in [5.41, 5.74) is 0.953. The van der Waals surface area contributed by atoms with Crippen LogP contribution >= 0.6 is 0 Å². The van der Waals surface area contributed by atoms with Crippen molar-refractivity contribution in [2.75, 3.05) is 0 Å². The average molecular weight is 284 g/mol. The molecule has 0 aliphatic carbocycles. The number of hydrogen-bond donors (Lipinski definition) is 1. The molecule has 3 aromatic rings. The first-order valence-corrected chi connectivity index (χ1v) is 6.03. The molecule has 0 amide bonds. The Morgan fingerprint density at radius 1 is 1.14 bits per heavy atom. The van der Waals surface area contributed by atoms with E-state index in [-0.39, 0.29) is 11.4 Å². The topological polar surface area (TPSA) is 80.9 Å². The summed E-state index contributed by atoms with van der Waals surface area (Å²) >= 11 is 0. The molecule has 6 nitrogen and oxygen atoms in total. The number of carboxylic acid groups (broad SMARTS) is 1. The fourth-order valence-electron chi connectivity index (χ4n) is 1.92. The first kappa shape index (κ1) is 12.9. The molecule has 0 radical (unpaired) electrons. The van der Waals surface area contributed by atoms with E-state index >= 15 is 0 Å². The van der Waals surface area contributed by atoms with Crippen molar-refractivity contribution in [2.24, 2.45) is 0 Å². The summed E-state index contributed by atoms with van der Waals surface area (Å²) in [4.78, 5) is 15.4. The summed E-state index contributed by atoms with van der Waals surface area (Å²) in [6, 6.07) is 10.6. The van der Waals surface area contributed by atoms with Gasteiger partial charge in [-0.15, -0.1) is 5.10 Å². The lowest BCUT2D eigenvalue weighted by atomic mass is 10.2. The minimum atomic E-state index is -1.20. The molecule has 104 valence electrons. The molecule has 2 aromatic heterocycles. The van der Waals surface area contributed by atoms with Crippen molar-refractivity contribution in [1.82, 2.24) is 20.0 Å². The van der Waals surface area contributed by atoms with Gasteiger partial charge in [0.05, 0.1) is 11.4 Å². The van der Waals surface area contributed by atoms with Crippen LogP contribution in [0.2, 0.25) is 0 Å². The highest BCUT2D eigenvalue weighted by Crippen LogP contribution is 2.23. The van der Waals surface area contributed by atoms with Gasteiger partial charge in [-0.05, 0) is 36.4 Å².